The Morgan fingerprint density at radius 3 is 2.26 bits per heavy atom. The number of H-pyrrole nitrogens is 1. The highest BCUT2D eigenvalue weighted by Gasteiger charge is 2.42. The molecule has 5 heteroatoms. The van der Waals surface area contributed by atoms with Gasteiger partial charge in [0, 0.05) is 28.7 Å². The van der Waals surface area contributed by atoms with Crippen LogP contribution in [0.15, 0.2) is 72.9 Å². The molecule has 4 aromatic rings. The molecule has 0 fully saturated rings. The lowest BCUT2D eigenvalue weighted by atomic mass is 9.97. The summed E-state index contributed by atoms with van der Waals surface area (Å²) in [4.78, 5) is 2.94. The maximum Gasteiger partial charge on any atom is 0.408 e. The molecule has 0 amide bonds. The van der Waals surface area contributed by atoms with Crippen LogP contribution in [0.4, 0.5) is 13.2 Å². The van der Waals surface area contributed by atoms with Crippen LogP contribution in [-0.2, 0) is 0 Å². The van der Waals surface area contributed by atoms with Crippen LogP contribution in [0.2, 0.25) is 0 Å². The lowest BCUT2D eigenvalue weighted by Crippen LogP contribution is -2.35. The molecule has 0 aliphatic carbocycles. The number of para-hydroxylation sites is 1. The van der Waals surface area contributed by atoms with Gasteiger partial charge in [0.1, 0.15) is 6.04 Å². The number of aromatic nitrogens is 1. The molecular formula is C22H19F3N2. The van der Waals surface area contributed by atoms with E-state index in [9.17, 15) is 13.2 Å². The van der Waals surface area contributed by atoms with Crippen molar-refractivity contribution in [2.24, 2.45) is 0 Å². The van der Waals surface area contributed by atoms with Crippen LogP contribution < -0.4 is 5.32 Å². The van der Waals surface area contributed by atoms with Crippen molar-refractivity contribution in [3.63, 3.8) is 0 Å². The fraction of sp³-hybridized carbons (Fsp3) is 0.182. The van der Waals surface area contributed by atoms with E-state index in [1.54, 1.807) is 31.2 Å². The predicted octanol–water partition coefficient (Wildman–Crippen LogP) is 6.28. The van der Waals surface area contributed by atoms with E-state index in [1.165, 1.54) is 6.20 Å². The van der Waals surface area contributed by atoms with Crippen LogP contribution in [0, 0.1) is 0 Å². The number of halogens is 3. The average Bonchev–Trinajstić information content (AvgIpc) is 3.08. The number of alkyl halides is 3. The molecule has 0 unspecified atom stereocenters. The summed E-state index contributed by atoms with van der Waals surface area (Å²) >= 11 is 0. The first-order valence-corrected chi connectivity index (χ1v) is 8.81. The van der Waals surface area contributed by atoms with E-state index in [2.05, 4.69) is 10.3 Å². The summed E-state index contributed by atoms with van der Waals surface area (Å²) in [6, 6.07) is 18.3. The summed E-state index contributed by atoms with van der Waals surface area (Å²) < 4.78 is 41.8. The third-order valence-electron chi connectivity index (χ3n) is 4.97. The second-order valence-electron chi connectivity index (χ2n) is 6.72. The van der Waals surface area contributed by atoms with Gasteiger partial charge in [-0.15, -0.1) is 0 Å². The third-order valence-corrected chi connectivity index (χ3v) is 4.97. The van der Waals surface area contributed by atoms with Crippen LogP contribution in [0.1, 0.15) is 30.1 Å². The van der Waals surface area contributed by atoms with Gasteiger partial charge in [0.05, 0.1) is 0 Å². The van der Waals surface area contributed by atoms with E-state index in [-0.39, 0.29) is 5.56 Å². The van der Waals surface area contributed by atoms with Gasteiger partial charge in [-0.1, -0.05) is 60.7 Å². The highest BCUT2D eigenvalue weighted by atomic mass is 19.4. The van der Waals surface area contributed by atoms with Crippen molar-refractivity contribution < 1.29 is 13.2 Å². The van der Waals surface area contributed by atoms with E-state index in [1.807, 2.05) is 42.5 Å². The van der Waals surface area contributed by atoms with Crippen molar-refractivity contribution in [3.05, 3.63) is 84.1 Å². The van der Waals surface area contributed by atoms with Crippen LogP contribution in [-0.4, -0.2) is 11.2 Å². The molecule has 2 nitrogen and oxygen atoms in total. The molecule has 1 heterocycles. The predicted molar refractivity (Wildman–Crippen MR) is 103 cm³/mol. The van der Waals surface area contributed by atoms with Gasteiger partial charge in [-0.2, -0.15) is 13.2 Å². The molecule has 1 aromatic heterocycles. The topological polar surface area (TPSA) is 27.8 Å². The van der Waals surface area contributed by atoms with Crippen LogP contribution in [0.3, 0.4) is 0 Å². The van der Waals surface area contributed by atoms with Gasteiger partial charge >= 0.3 is 6.18 Å². The molecule has 0 radical (unpaired) electrons. The standard InChI is InChI=1S/C22H19F3N2/c1-14(16-11-6-8-15-7-2-3-9-17(15)16)27-21(22(23,24)25)19-13-26-20-12-5-4-10-18(19)20/h2-14,21,26-27H,1H3/t14-,21+/m1/s1. The number of nitrogens with one attached hydrogen (secondary N) is 2. The molecule has 2 atom stereocenters. The lowest BCUT2D eigenvalue weighted by Gasteiger charge is -2.26. The van der Waals surface area contributed by atoms with Gasteiger partial charge in [0.2, 0.25) is 0 Å². The minimum Gasteiger partial charge on any atom is -0.361 e. The molecule has 0 spiro atoms. The summed E-state index contributed by atoms with van der Waals surface area (Å²) in [5.41, 5.74) is 1.76. The molecular weight excluding hydrogens is 349 g/mol. The maximum absolute atomic E-state index is 13.9. The van der Waals surface area contributed by atoms with Gasteiger partial charge in [-0.25, -0.2) is 0 Å². The van der Waals surface area contributed by atoms with E-state index in [4.69, 9.17) is 0 Å². The van der Waals surface area contributed by atoms with Gasteiger partial charge in [-0.3, -0.25) is 5.32 Å². The van der Waals surface area contributed by atoms with Crippen molar-refractivity contribution in [2.75, 3.05) is 0 Å². The van der Waals surface area contributed by atoms with Crippen molar-refractivity contribution in [1.29, 1.82) is 0 Å². The van der Waals surface area contributed by atoms with E-state index in [0.717, 1.165) is 16.3 Å². The number of fused-ring (bicyclic) bond motifs is 2. The van der Waals surface area contributed by atoms with Crippen LogP contribution in [0.25, 0.3) is 21.7 Å². The Bertz CT molecular complexity index is 1080. The van der Waals surface area contributed by atoms with Gasteiger partial charge in [0.25, 0.3) is 0 Å². The third kappa shape index (κ3) is 3.30. The Balaban J connectivity index is 1.74. The van der Waals surface area contributed by atoms with Gasteiger partial charge in [-0.05, 0) is 29.3 Å². The second-order valence-corrected chi connectivity index (χ2v) is 6.72. The molecule has 0 saturated carbocycles. The lowest BCUT2D eigenvalue weighted by molar-refractivity contribution is -0.159. The molecule has 4 rings (SSSR count). The highest BCUT2D eigenvalue weighted by Crippen LogP contribution is 2.38. The molecule has 0 saturated heterocycles. The van der Waals surface area contributed by atoms with Crippen molar-refractivity contribution in [2.45, 2.75) is 25.2 Å². The Morgan fingerprint density at radius 2 is 1.48 bits per heavy atom. The highest BCUT2D eigenvalue weighted by molar-refractivity contribution is 5.86. The fourth-order valence-electron chi connectivity index (χ4n) is 3.66. The normalized spacial score (nSPS) is 14.5. The number of hydrogen-bond acceptors (Lipinski definition) is 1. The van der Waals surface area contributed by atoms with E-state index in [0.29, 0.717) is 10.9 Å². The molecule has 3 aromatic carbocycles. The Kier molecular flexibility index (Phi) is 4.40. The average molecular weight is 368 g/mol. The zero-order valence-corrected chi connectivity index (χ0v) is 14.7. The van der Waals surface area contributed by atoms with E-state index < -0.39 is 18.3 Å². The summed E-state index contributed by atoms with van der Waals surface area (Å²) in [6.45, 7) is 1.77. The smallest absolute Gasteiger partial charge is 0.361 e. The Labute approximate surface area is 155 Å². The minimum atomic E-state index is -4.41. The number of hydrogen-bond donors (Lipinski definition) is 2. The summed E-state index contributed by atoms with van der Waals surface area (Å²) in [5, 5.41) is 5.37. The second kappa shape index (κ2) is 6.74. The minimum absolute atomic E-state index is 0.213. The first kappa shape index (κ1) is 17.6. The monoisotopic (exact) mass is 368 g/mol. The molecule has 0 aliphatic rings. The number of aromatic amines is 1. The van der Waals surface area contributed by atoms with Crippen molar-refractivity contribution >= 4 is 21.7 Å². The zero-order chi connectivity index (χ0) is 19.0. The number of rotatable bonds is 4. The molecule has 27 heavy (non-hydrogen) atoms. The SMILES string of the molecule is C[C@@H](N[C@@H](c1c[nH]c2ccccc12)C(F)(F)F)c1cccc2ccccc12. The van der Waals surface area contributed by atoms with Crippen LogP contribution >= 0.6 is 0 Å². The zero-order valence-electron chi connectivity index (χ0n) is 14.7. The Hall–Kier alpha value is -2.79. The molecule has 138 valence electrons. The molecule has 2 N–H and O–H groups in total. The van der Waals surface area contributed by atoms with Gasteiger partial charge < -0.3 is 4.98 Å². The largest absolute Gasteiger partial charge is 0.408 e. The van der Waals surface area contributed by atoms with Crippen molar-refractivity contribution in [1.82, 2.24) is 10.3 Å². The molecule has 0 aliphatic heterocycles. The number of benzene rings is 3. The van der Waals surface area contributed by atoms with Gasteiger partial charge in [0.15, 0.2) is 0 Å². The maximum atomic E-state index is 13.9. The summed E-state index contributed by atoms with van der Waals surface area (Å²) in [7, 11) is 0. The molecule has 0 bridgehead atoms. The summed E-state index contributed by atoms with van der Waals surface area (Å²) in [6.07, 6.45) is -2.96. The first-order chi connectivity index (χ1) is 12.9. The Morgan fingerprint density at radius 1 is 0.815 bits per heavy atom. The first-order valence-electron chi connectivity index (χ1n) is 8.81. The quantitative estimate of drug-likeness (QED) is 0.436. The van der Waals surface area contributed by atoms with Crippen LogP contribution in [0.5, 0.6) is 0 Å². The van der Waals surface area contributed by atoms with Crippen molar-refractivity contribution in [3.8, 4) is 0 Å². The van der Waals surface area contributed by atoms with E-state index >= 15 is 0 Å². The summed E-state index contributed by atoms with van der Waals surface area (Å²) in [5.74, 6) is 0. The fourth-order valence-corrected chi connectivity index (χ4v) is 3.66.